The van der Waals surface area contributed by atoms with Crippen LogP contribution in [0.25, 0.3) is 27.8 Å². The number of hydrogen-bond acceptors (Lipinski definition) is 3. The fourth-order valence-electron chi connectivity index (χ4n) is 3.24. The van der Waals surface area contributed by atoms with Gasteiger partial charge >= 0.3 is 6.18 Å². The van der Waals surface area contributed by atoms with E-state index < -0.39 is 21.8 Å². The third-order valence-electron chi connectivity index (χ3n) is 4.53. The van der Waals surface area contributed by atoms with Crippen molar-refractivity contribution in [3.63, 3.8) is 0 Å². The Labute approximate surface area is 170 Å². The van der Waals surface area contributed by atoms with Crippen LogP contribution >= 0.6 is 0 Å². The highest BCUT2D eigenvalue weighted by Crippen LogP contribution is 2.33. The van der Waals surface area contributed by atoms with Crippen LogP contribution in [0.1, 0.15) is 5.56 Å². The van der Waals surface area contributed by atoms with Gasteiger partial charge in [0.05, 0.1) is 28.5 Å². The summed E-state index contributed by atoms with van der Waals surface area (Å²) in [7, 11) is -3.46. The Morgan fingerprint density at radius 3 is 2.47 bits per heavy atom. The molecule has 0 fully saturated rings. The number of hydrogen-bond donors (Lipinski definition) is 1. The Morgan fingerprint density at radius 1 is 0.967 bits per heavy atom. The molecule has 0 aliphatic rings. The van der Waals surface area contributed by atoms with Gasteiger partial charge in [0.15, 0.2) is 0 Å². The smallest absolute Gasteiger partial charge is 0.299 e. The van der Waals surface area contributed by atoms with E-state index in [2.05, 4.69) is 9.71 Å². The molecule has 3 aromatic carbocycles. The fourth-order valence-corrected chi connectivity index (χ4v) is 3.82. The second-order valence-electron chi connectivity index (χ2n) is 6.79. The summed E-state index contributed by atoms with van der Waals surface area (Å²) in [5, 5.41) is 0. The fraction of sp³-hybridized carbons (Fsp3) is 0.0952. The Kier molecular flexibility index (Phi) is 4.77. The van der Waals surface area contributed by atoms with Crippen LogP contribution in [0.2, 0.25) is 0 Å². The molecule has 0 saturated heterocycles. The lowest BCUT2D eigenvalue weighted by molar-refractivity contribution is -0.137. The summed E-state index contributed by atoms with van der Waals surface area (Å²) < 4.78 is 66.4. The van der Waals surface area contributed by atoms with Gasteiger partial charge in [0.25, 0.3) is 0 Å². The van der Waals surface area contributed by atoms with Crippen molar-refractivity contribution < 1.29 is 21.6 Å². The minimum Gasteiger partial charge on any atom is -0.299 e. The van der Waals surface area contributed by atoms with Crippen molar-refractivity contribution in [1.82, 2.24) is 9.55 Å². The standard InChI is InChI=1S/C21H16F3N3O2S/c1-30(28,29)26-18-8-3-2-7-17(18)14-5-4-6-16(11-14)27-13-25-19-12-15(21(22,23)24)9-10-20(19)27/h2-13,26H,1H3. The van der Waals surface area contributed by atoms with Crippen LogP contribution in [0.3, 0.4) is 0 Å². The van der Waals surface area contributed by atoms with Gasteiger partial charge in [0.1, 0.15) is 6.33 Å². The molecule has 30 heavy (non-hydrogen) atoms. The largest absolute Gasteiger partial charge is 0.416 e. The van der Waals surface area contributed by atoms with Gasteiger partial charge in [-0.2, -0.15) is 13.2 Å². The molecular weight excluding hydrogens is 415 g/mol. The van der Waals surface area contributed by atoms with Crippen LogP contribution in [-0.4, -0.2) is 24.2 Å². The van der Waals surface area contributed by atoms with E-state index >= 15 is 0 Å². The molecule has 0 unspecified atom stereocenters. The third kappa shape index (κ3) is 4.02. The van der Waals surface area contributed by atoms with E-state index in [0.29, 0.717) is 22.5 Å². The minimum absolute atomic E-state index is 0.231. The Bertz CT molecular complexity index is 1350. The Morgan fingerprint density at radius 2 is 1.73 bits per heavy atom. The van der Waals surface area contributed by atoms with E-state index in [4.69, 9.17) is 0 Å². The number of benzene rings is 3. The first-order valence-electron chi connectivity index (χ1n) is 8.84. The molecule has 0 radical (unpaired) electrons. The number of rotatable bonds is 4. The number of fused-ring (bicyclic) bond motifs is 1. The van der Waals surface area contributed by atoms with Crippen molar-refractivity contribution in [1.29, 1.82) is 0 Å². The normalized spacial score (nSPS) is 12.3. The molecule has 0 aliphatic heterocycles. The van der Waals surface area contributed by atoms with E-state index in [0.717, 1.165) is 24.0 Å². The lowest BCUT2D eigenvalue weighted by atomic mass is 10.0. The van der Waals surface area contributed by atoms with E-state index in [1.54, 1.807) is 41.0 Å². The Balaban J connectivity index is 1.79. The van der Waals surface area contributed by atoms with E-state index in [1.807, 2.05) is 12.1 Å². The maximum atomic E-state index is 13.0. The zero-order chi connectivity index (χ0) is 21.5. The van der Waals surface area contributed by atoms with Gasteiger partial charge in [-0.05, 0) is 42.0 Å². The zero-order valence-corrected chi connectivity index (χ0v) is 16.5. The van der Waals surface area contributed by atoms with Crippen molar-refractivity contribution in [3.8, 4) is 16.8 Å². The Hall–Kier alpha value is -3.33. The van der Waals surface area contributed by atoms with Gasteiger partial charge < -0.3 is 0 Å². The topological polar surface area (TPSA) is 64.0 Å². The van der Waals surface area contributed by atoms with E-state index in [-0.39, 0.29) is 5.52 Å². The molecule has 4 aromatic rings. The van der Waals surface area contributed by atoms with Gasteiger partial charge in [-0.1, -0.05) is 30.3 Å². The molecule has 0 atom stereocenters. The van der Waals surface area contributed by atoms with Crippen LogP contribution in [0, 0.1) is 0 Å². The van der Waals surface area contributed by atoms with Gasteiger partial charge in [0, 0.05) is 11.3 Å². The molecule has 154 valence electrons. The van der Waals surface area contributed by atoms with E-state index in [9.17, 15) is 21.6 Å². The third-order valence-corrected chi connectivity index (χ3v) is 5.12. The molecular formula is C21H16F3N3O2S. The molecule has 1 aromatic heterocycles. The monoisotopic (exact) mass is 431 g/mol. The number of nitrogens with zero attached hydrogens (tertiary/aromatic N) is 2. The number of halogens is 3. The molecule has 1 heterocycles. The van der Waals surface area contributed by atoms with Crippen molar-refractivity contribution in [2.75, 3.05) is 11.0 Å². The van der Waals surface area contributed by atoms with Gasteiger partial charge in [-0.15, -0.1) is 0 Å². The van der Waals surface area contributed by atoms with Gasteiger partial charge in [0.2, 0.25) is 10.0 Å². The van der Waals surface area contributed by atoms with Crippen LogP contribution in [-0.2, 0) is 16.2 Å². The molecule has 0 spiro atoms. The first-order chi connectivity index (χ1) is 14.1. The van der Waals surface area contributed by atoms with Crippen LogP contribution in [0.4, 0.5) is 18.9 Å². The number of aromatic nitrogens is 2. The number of alkyl halides is 3. The first-order valence-corrected chi connectivity index (χ1v) is 10.7. The lowest BCUT2D eigenvalue weighted by Gasteiger charge is -2.13. The number of sulfonamides is 1. The molecule has 0 saturated carbocycles. The number of nitrogens with one attached hydrogen (secondary N) is 1. The zero-order valence-electron chi connectivity index (χ0n) is 15.7. The quantitative estimate of drug-likeness (QED) is 0.490. The average Bonchev–Trinajstić information content (AvgIpc) is 3.10. The molecule has 0 bridgehead atoms. The highest BCUT2D eigenvalue weighted by Gasteiger charge is 2.30. The minimum atomic E-state index is -4.44. The van der Waals surface area contributed by atoms with Crippen molar-refractivity contribution >= 4 is 26.7 Å². The van der Waals surface area contributed by atoms with Gasteiger partial charge in [-0.3, -0.25) is 9.29 Å². The molecule has 9 heteroatoms. The van der Waals surface area contributed by atoms with Crippen LogP contribution in [0.15, 0.2) is 73.1 Å². The van der Waals surface area contributed by atoms with Crippen molar-refractivity contribution in [3.05, 3.63) is 78.6 Å². The second kappa shape index (κ2) is 7.17. The second-order valence-corrected chi connectivity index (χ2v) is 8.53. The first kappa shape index (κ1) is 20.0. The summed E-state index contributed by atoms with van der Waals surface area (Å²) in [4.78, 5) is 4.11. The maximum absolute atomic E-state index is 13.0. The molecule has 0 amide bonds. The summed E-state index contributed by atoms with van der Waals surface area (Å²) in [6, 6.07) is 17.6. The summed E-state index contributed by atoms with van der Waals surface area (Å²) in [5.41, 5.74) is 2.54. The highest BCUT2D eigenvalue weighted by molar-refractivity contribution is 7.92. The number of imidazole rings is 1. The SMILES string of the molecule is CS(=O)(=O)Nc1ccccc1-c1cccc(-n2cnc3cc(C(F)(F)F)ccc32)c1. The lowest BCUT2D eigenvalue weighted by Crippen LogP contribution is -2.10. The summed E-state index contributed by atoms with van der Waals surface area (Å²) >= 11 is 0. The van der Waals surface area contributed by atoms with Gasteiger partial charge in [-0.25, -0.2) is 13.4 Å². The molecule has 4 rings (SSSR count). The number of anilines is 1. The number of para-hydroxylation sites is 1. The van der Waals surface area contributed by atoms with E-state index in [1.165, 1.54) is 12.4 Å². The molecule has 0 aliphatic carbocycles. The van der Waals surface area contributed by atoms with Crippen molar-refractivity contribution in [2.45, 2.75) is 6.18 Å². The predicted octanol–water partition coefficient (Wildman–Crippen LogP) is 5.08. The van der Waals surface area contributed by atoms with Crippen LogP contribution < -0.4 is 4.72 Å². The summed E-state index contributed by atoms with van der Waals surface area (Å²) in [6.45, 7) is 0. The van der Waals surface area contributed by atoms with Crippen LogP contribution in [0.5, 0.6) is 0 Å². The summed E-state index contributed by atoms with van der Waals surface area (Å²) in [6.07, 6.45) is -1.90. The molecule has 5 nitrogen and oxygen atoms in total. The van der Waals surface area contributed by atoms with Crippen molar-refractivity contribution in [2.24, 2.45) is 0 Å². The maximum Gasteiger partial charge on any atom is 0.416 e. The molecule has 1 N–H and O–H groups in total. The summed E-state index contributed by atoms with van der Waals surface area (Å²) in [5.74, 6) is 0. The predicted molar refractivity (Wildman–Crippen MR) is 110 cm³/mol. The highest BCUT2D eigenvalue weighted by atomic mass is 32.2. The average molecular weight is 431 g/mol.